The predicted octanol–water partition coefficient (Wildman–Crippen LogP) is 6.23. The van der Waals surface area contributed by atoms with Crippen LogP contribution in [0, 0.1) is 17.8 Å². The van der Waals surface area contributed by atoms with Gasteiger partial charge in [0.05, 0.1) is 71.6 Å². The van der Waals surface area contributed by atoms with Gasteiger partial charge in [-0.05, 0) is 75.5 Å². The first kappa shape index (κ1) is 39.5. The van der Waals surface area contributed by atoms with E-state index in [1.165, 1.54) is 6.20 Å². The first-order valence-corrected chi connectivity index (χ1v) is 21.4. The van der Waals surface area contributed by atoms with Gasteiger partial charge in [-0.25, -0.2) is 13.3 Å². The zero-order chi connectivity index (χ0) is 41.6. The molecule has 61 heavy (non-hydrogen) atoms. The number of alkyl halides is 2. The number of carbonyl (C=O) groups is 3. The molecule has 1 saturated carbocycles. The number of anilines is 2. The summed E-state index contributed by atoms with van der Waals surface area (Å²) in [6.07, 6.45) is 11.1. The van der Waals surface area contributed by atoms with Crippen LogP contribution in [0.5, 0.6) is 0 Å². The molecule has 8 heterocycles. The summed E-state index contributed by atoms with van der Waals surface area (Å²) >= 11 is 0. The van der Waals surface area contributed by atoms with E-state index < -0.39 is 23.9 Å². The smallest absolute Gasteiger partial charge is 0.284 e. The van der Waals surface area contributed by atoms with Crippen molar-refractivity contribution in [1.29, 1.82) is 0 Å². The number of carbonyl (C=O) groups excluding carboxylic acids is 3. The molecule has 5 aromatic rings. The first-order chi connectivity index (χ1) is 29.7. The Morgan fingerprint density at radius 2 is 1.92 bits per heavy atom. The van der Waals surface area contributed by atoms with Crippen LogP contribution in [0.15, 0.2) is 59.6 Å². The fourth-order valence-corrected chi connectivity index (χ4v) is 10.0. The van der Waals surface area contributed by atoms with Gasteiger partial charge < -0.3 is 29.0 Å². The molecular formula is C45H48F2N8O6. The van der Waals surface area contributed by atoms with Gasteiger partial charge in [0.2, 0.25) is 11.8 Å². The first-order valence-electron chi connectivity index (χ1n) is 21.4. The Bertz CT molecular complexity index is 2520. The second-order valence-electron chi connectivity index (χ2n) is 17.1. The van der Waals surface area contributed by atoms with E-state index in [2.05, 4.69) is 42.5 Å². The molecule has 0 spiro atoms. The number of likely N-dealkylation sites (tertiary alicyclic amines) is 1. The minimum absolute atomic E-state index is 0.0221. The van der Waals surface area contributed by atoms with E-state index in [4.69, 9.17) is 13.9 Å². The third-order valence-corrected chi connectivity index (χ3v) is 13.3. The number of ether oxygens (including phenoxy) is 2. The summed E-state index contributed by atoms with van der Waals surface area (Å²) in [6.45, 7) is 4.66. The van der Waals surface area contributed by atoms with Gasteiger partial charge in [0.25, 0.3) is 12.3 Å². The Morgan fingerprint density at radius 3 is 2.69 bits per heavy atom. The lowest BCUT2D eigenvalue weighted by molar-refractivity contribution is -0.134. The summed E-state index contributed by atoms with van der Waals surface area (Å²) < 4.78 is 49.6. The largest absolute Gasteiger partial charge is 0.463 e. The zero-order valence-electron chi connectivity index (χ0n) is 33.7. The third-order valence-electron chi connectivity index (χ3n) is 13.3. The number of pyridine rings is 1. The van der Waals surface area contributed by atoms with Gasteiger partial charge in [-0.15, -0.1) is 0 Å². The molecule has 1 unspecified atom stereocenters. The Balaban J connectivity index is 0.690. The summed E-state index contributed by atoms with van der Waals surface area (Å²) in [5.74, 6) is 5.35. The molecule has 5 aliphatic rings. The van der Waals surface area contributed by atoms with Gasteiger partial charge in [-0.3, -0.25) is 24.4 Å². The van der Waals surface area contributed by atoms with Crippen LogP contribution >= 0.6 is 0 Å². The lowest BCUT2D eigenvalue weighted by atomic mass is 9.85. The van der Waals surface area contributed by atoms with Gasteiger partial charge in [0.15, 0.2) is 5.69 Å². The molecule has 2 N–H and O–H groups in total. The monoisotopic (exact) mass is 834 g/mol. The number of rotatable bonds is 10. The fourth-order valence-electron chi connectivity index (χ4n) is 10.0. The minimum atomic E-state index is -2.84. The van der Waals surface area contributed by atoms with Crippen molar-refractivity contribution < 1.29 is 37.1 Å². The number of hydrogen-bond acceptors (Lipinski definition) is 10. The predicted molar refractivity (Wildman–Crippen MR) is 220 cm³/mol. The number of furan rings is 1. The number of halogens is 2. The average molecular weight is 835 g/mol. The number of fused-ring (bicyclic) bond motifs is 4. The van der Waals surface area contributed by atoms with E-state index >= 15 is 0 Å². The zero-order valence-corrected chi connectivity index (χ0v) is 33.7. The van der Waals surface area contributed by atoms with Gasteiger partial charge in [0.1, 0.15) is 12.2 Å². The second kappa shape index (κ2) is 16.7. The Kier molecular flexibility index (Phi) is 10.8. The van der Waals surface area contributed by atoms with Crippen molar-refractivity contribution >= 4 is 45.6 Å². The van der Waals surface area contributed by atoms with Crippen LogP contribution in [-0.2, 0) is 19.1 Å². The SMILES string of the molecule is O=C1CCC(c2coc3c(C#CCOC4CCN(CC5CCC(n6cc(NC(=O)c7cnn8ccc(N9C[C@H]%10C[C@@H]9CO%10)cc78)c(C(F)F)n6)CC5)CC4)cccc23)C(=O)N1. The van der Waals surface area contributed by atoms with E-state index in [0.717, 1.165) is 93.3 Å². The van der Waals surface area contributed by atoms with Crippen molar-refractivity contribution in [2.75, 3.05) is 49.6 Å². The molecule has 4 aliphatic heterocycles. The standard InChI is InChI=1S/C45H48F2N8O6/c46-43(47)41-38(49-45(58)36-21-48-54-17-12-30(20-39(36)54)53-23-33-19-31(53)25-60-33)24-55(51-41)29-8-6-27(7-9-29)22-52-15-13-32(14-16-52)59-18-2-4-28-3-1-5-34-37(26-61-42(28)34)35-10-11-40(56)50-44(35)57/h1,3,5,12,17,20-21,24,26-27,29,31-33,35,43H,6-11,13-16,18-19,22-23,25H2,(H,49,58)(H,50,56,57)/t27?,29?,31-,33-,35?/m1/s1. The average Bonchev–Trinajstić information content (AvgIpc) is 4.12. The highest BCUT2D eigenvalue weighted by Gasteiger charge is 2.39. The van der Waals surface area contributed by atoms with Crippen molar-refractivity contribution in [2.45, 2.75) is 94.4 Å². The van der Waals surface area contributed by atoms with Crippen LogP contribution in [0.1, 0.15) is 103 Å². The number of para-hydroxylation sites is 1. The second-order valence-corrected chi connectivity index (χ2v) is 17.1. The van der Waals surface area contributed by atoms with E-state index in [1.54, 1.807) is 21.7 Å². The highest BCUT2D eigenvalue weighted by Crippen LogP contribution is 2.37. The van der Waals surface area contributed by atoms with E-state index in [9.17, 15) is 23.2 Å². The molecule has 16 heteroatoms. The van der Waals surface area contributed by atoms with Crippen LogP contribution in [0.2, 0.25) is 0 Å². The van der Waals surface area contributed by atoms with E-state index in [0.29, 0.717) is 54.7 Å². The summed E-state index contributed by atoms with van der Waals surface area (Å²) in [4.78, 5) is 42.4. The molecule has 1 aromatic carbocycles. The molecule has 10 rings (SSSR count). The number of hydrogen-bond donors (Lipinski definition) is 2. The number of morpholine rings is 1. The van der Waals surface area contributed by atoms with Crippen molar-refractivity contribution in [3.8, 4) is 11.8 Å². The quantitative estimate of drug-likeness (QED) is 0.123. The Labute approximate surface area is 350 Å². The molecule has 1 aliphatic carbocycles. The Hall–Kier alpha value is -5.63. The number of amides is 3. The molecule has 5 fully saturated rings. The molecule has 2 bridgehead atoms. The molecule has 4 saturated heterocycles. The highest BCUT2D eigenvalue weighted by molar-refractivity contribution is 6.09. The van der Waals surface area contributed by atoms with Crippen LogP contribution in [0.3, 0.4) is 0 Å². The lowest BCUT2D eigenvalue weighted by Gasteiger charge is -2.36. The number of benzene rings is 1. The minimum Gasteiger partial charge on any atom is -0.463 e. The molecule has 4 aromatic heterocycles. The van der Waals surface area contributed by atoms with E-state index in [-0.39, 0.29) is 35.8 Å². The number of nitrogens with zero attached hydrogens (tertiary/aromatic N) is 6. The van der Waals surface area contributed by atoms with Gasteiger partial charge in [-0.1, -0.05) is 24.0 Å². The van der Waals surface area contributed by atoms with Gasteiger partial charge in [0, 0.05) is 61.6 Å². The van der Waals surface area contributed by atoms with Gasteiger partial charge >= 0.3 is 0 Å². The summed E-state index contributed by atoms with van der Waals surface area (Å²) in [7, 11) is 0. The summed E-state index contributed by atoms with van der Waals surface area (Å²) in [5, 5.41) is 14.6. The molecule has 0 radical (unpaired) electrons. The van der Waals surface area contributed by atoms with Crippen LogP contribution in [0.4, 0.5) is 20.2 Å². The lowest BCUT2D eigenvalue weighted by Crippen LogP contribution is -2.40. The maximum absolute atomic E-state index is 14.3. The highest BCUT2D eigenvalue weighted by atomic mass is 19.3. The van der Waals surface area contributed by atoms with Crippen LogP contribution in [0.25, 0.3) is 16.5 Å². The summed E-state index contributed by atoms with van der Waals surface area (Å²) in [5.41, 5.74) is 3.63. The molecule has 14 nitrogen and oxygen atoms in total. The molecular weight excluding hydrogens is 787 g/mol. The normalized spacial score (nSPS) is 24.8. The molecule has 318 valence electrons. The van der Waals surface area contributed by atoms with Crippen molar-refractivity contribution in [3.05, 3.63) is 77.6 Å². The fraction of sp³-hybridized carbons (Fsp3) is 0.489. The van der Waals surface area contributed by atoms with Crippen molar-refractivity contribution in [2.24, 2.45) is 5.92 Å². The van der Waals surface area contributed by atoms with Gasteiger partial charge in [-0.2, -0.15) is 10.2 Å². The van der Waals surface area contributed by atoms with Crippen molar-refractivity contribution in [1.82, 2.24) is 29.6 Å². The number of piperidine rings is 2. The van der Waals surface area contributed by atoms with E-state index in [1.807, 2.05) is 36.5 Å². The number of nitrogens with one attached hydrogen (secondary N) is 2. The maximum Gasteiger partial charge on any atom is 0.284 e. The van der Waals surface area contributed by atoms with Crippen LogP contribution in [-0.4, -0.2) is 99.7 Å². The maximum atomic E-state index is 14.3. The number of imide groups is 1. The Morgan fingerprint density at radius 1 is 1.07 bits per heavy atom. The van der Waals surface area contributed by atoms with Crippen LogP contribution < -0.4 is 15.5 Å². The van der Waals surface area contributed by atoms with Crippen molar-refractivity contribution in [3.63, 3.8) is 0 Å². The third kappa shape index (κ3) is 8.02. The molecule has 3 amide bonds. The summed E-state index contributed by atoms with van der Waals surface area (Å²) in [6, 6.07) is 9.89. The number of aromatic nitrogens is 4. The molecule has 3 atom stereocenters. The topological polar surface area (TPSA) is 148 Å².